The molecule has 0 saturated carbocycles. The van der Waals surface area contributed by atoms with E-state index in [1.807, 2.05) is 0 Å². The smallest absolute Gasteiger partial charge is 0.338 e. The molecule has 0 radical (unpaired) electrons. The van der Waals surface area contributed by atoms with E-state index >= 15 is 0 Å². The Morgan fingerprint density at radius 3 is 2.83 bits per heavy atom. The average molecular weight is 168 g/mol. The molecule has 0 fully saturated rings. The predicted octanol–water partition coefficient (Wildman–Crippen LogP) is 1.58. The summed E-state index contributed by atoms with van der Waals surface area (Å²) >= 11 is 0. The summed E-state index contributed by atoms with van der Waals surface area (Å²) in [4.78, 5) is 21.6. The molecule has 0 spiro atoms. The van der Waals surface area contributed by atoms with Crippen LogP contribution in [-0.4, -0.2) is 11.9 Å². The van der Waals surface area contributed by atoms with Crippen LogP contribution in [0, 0.1) is 0 Å². The van der Waals surface area contributed by atoms with E-state index in [2.05, 4.69) is 4.74 Å². The van der Waals surface area contributed by atoms with Gasteiger partial charge in [-0.2, -0.15) is 0 Å². The summed E-state index contributed by atoms with van der Waals surface area (Å²) in [7, 11) is 0. The van der Waals surface area contributed by atoms with Crippen LogP contribution >= 0.6 is 0 Å². The van der Waals surface area contributed by atoms with Crippen molar-refractivity contribution in [2.75, 3.05) is 0 Å². The lowest BCUT2D eigenvalue weighted by Crippen LogP contribution is -2.10. The average Bonchev–Trinajstić information content (AvgIpc) is 2.02. The third kappa shape index (κ3) is 3.32. The van der Waals surface area contributed by atoms with Gasteiger partial charge in [-0.25, -0.2) is 4.79 Å². The van der Waals surface area contributed by atoms with Crippen LogP contribution in [0.3, 0.4) is 0 Å². The monoisotopic (exact) mass is 168 g/mol. The van der Waals surface area contributed by atoms with Gasteiger partial charge in [0.1, 0.15) is 0 Å². The van der Waals surface area contributed by atoms with Gasteiger partial charge in [0.05, 0.1) is 0 Å². The zero-order valence-corrected chi connectivity index (χ0v) is 6.91. The van der Waals surface area contributed by atoms with E-state index in [0.717, 1.165) is 25.7 Å². The standard InChI is InChI=1S/C9H12O3/c10-8-6-4-2-1-3-5-7-9(11)12-8/h4,6H,1-3,5,7H2. The van der Waals surface area contributed by atoms with Gasteiger partial charge in [0.2, 0.25) is 0 Å². The molecule has 0 bridgehead atoms. The van der Waals surface area contributed by atoms with Crippen molar-refractivity contribution >= 4 is 11.9 Å². The summed E-state index contributed by atoms with van der Waals surface area (Å²) in [6, 6.07) is 0. The molecular weight excluding hydrogens is 156 g/mol. The van der Waals surface area contributed by atoms with Crippen LogP contribution in [0.1, 0.15) is 32.1 Å². The number of esters is 2. The summed E-state index contributed by atoms with van der Waals surface area (Å²) in [5.74, 6) is -0.951. The van der Waals surface area contributed by atoms with Gasteiger partial charge in [-0.05, 0) is 19.3 Å². The molecule has 0 aromatic heterocycles. The fraction of sp³-hybridized carbons (Fsp3) is 0.556. The fourth-order valence-electron chi connectivity index (χ4n) is 1.09. The third-order valence-electron chi connectivity index (χ3n) is 1.72. The van der Waals surface area contributed by atoms with E-state index in [1.54, 1.807) is 6.08 Å². The first-order valence-corrected chi connectivity index (χ1v) is 4.20. The van der Waals surface area contributed by atoms with Crippen molar-refractivity contribution in [1.29, 1.82) is 0 Å². The maximum Gasteiger partial charge on any atom is 0.338 e. The van der Waals surface area contributed by atoms with Crippen LogP contribution in [0.25, 0.3) is 0 Å². The van der Waals surface area contributed by atoms with Crippen LogP contribution in [0.4, 0.5) is 0 Å². The van der Waals surface area contributed by atoms with Crippen molar-refractivity contribution in [3.63, 3.8) is 0 Å². The third-order valence-corrected chi connectivity index (χ3v) is 1.72. The highest BCUT2D eigenvalue weighted by molar-refractivity contribution is 5.91. The number of ether oxygens (including phenoxy) is 1. The molecule has 1 aliphatic rings. The van der Waals surface area contributed by atoms with Crippen LogP contribution in [0.5, 0.6) is 0 Å². The second-order valence-corrected chi connectivity index (χ2v) is 2.79. The van der Waals surface area contributed by atoms with Crippen molar-refractivity contribution in [3.05, 3.63) is 12.2 Å². The second kappa shape index (κ2) is 4.70. The van der Waals surface area contributed by atoms with Gasteiger partial charge in [-0.1, -0.05) is 12.5 Å². The van der Waals surface area contributed by atoms with E-state index in [0.29, 0.717) is 6.42 Å². The highest BCUT2D eigenvalue weighted by Crippen LogP contribution is 2.06. The maximum absolute atomic E-state index is 10.8. The Hall–Kier alpha value is -1.12. The number of allylic oxidation sites excluding steroid dienone is 1. The lowest BCUT2D eigenvalue weighted by molar-refractivity contribution is -0.156. The van der Waals surface area contributed by atoms with E-state index < -0.39 is 11.9 Å². The zero-order chi connectivity index (χ0) is 8.81. The van der Waals surface area contributed by atoms with Gasteiger partial charge in [-0.15, -0.1) is 0 Å². The molecule has 12 heavy (non-hydrogen) atoms. The lowest BCUT2D eigenvalue weighted by atomic mass is 10.1. The topological polar surface area (TPSA) is 43.4 Å². The molecule has 3 nitrogen and oxygen atoms in total. The van der Waals surface area contributed by atoms with Crippen LogP contribution in [0.2, 0.25) is 0 Å². The minimum Gasteiger partial charge on any atom is -0.390 e. The summed E-state index contributed by atoms with van der Waals surface area (Å²) < 4.78 is 4.46. The van der Waals surface area contributed by atoms with E-state index in [9.17, 15) is 9.59 Å². The van der Waals surface area contributed by atoms with E-state index in [-0.39, 0.29) is 0 Å². The van der Waals surface area contributed by atoms with E-state index in [4.69, 9.17) is 0 Å². The Bertz CT molecular complexity index is 206. The Morgan fingerprint density at radius 2 is 2.00 bits per heavy atom. The van der Waals surface area contributed by atoms with Crippen molar-refractivity contribution in [2.45, 2.75) is 32.1 Å². The summed E-state index contributed by atoms with van der Waals surface area (Å²) in [5.41, 5.74) is 0. The summed E-state index contributed by atoms with van der Waals surface area (Å²) in [5, 5.41) is 0. The molecule has 0 aromatic carbocycles. The molecule has 0 saturated heterocycles. The second-order valence-electron chi connectivity index (χ2n) is 2.79. The summed E-state index contributed by atoms with van der Waals surface area (Å²) in [6.07, 6.45) is 7.21. The van der Waals surface area contributed by atoms with Crippen molar-refractivity contribution in [1.82, 2.24) is 0 Å². The van der Waals surface area contributed by atoms with Gasteiger partial charge in [0.25, 0.3) is 0 Å². The number of cyclic esters (lactones) is 2. The predicted molar refractivity (Wildman–Crippen MR) is 43.3 cm³/mol. The molecule has 0 N–H and O–H groups in total. The number of carbonyl (C=O) groups is 2. The molecule has 0 amide bonds. The zero-order valence-electron chi connectivity index (χ0n) is 6.91. The fourth-order valence-corrected chi connectivity index (χ4v) is 1.09. The van der Waals surface area contributed by atoms with Crippen LogP contribution < -0.4 is 0 Å². The van der Waals surface area contributed by atoms with Gasteiger partial charge in [0.15, 0.2) is 0 Å². The molecule has 0 aliphatic carbocycles. The van der Waals surface area contributed by atoms with Crippen LogP contribution in [-0.2, 0) is 14.3 Å². The van der Waals surface area contributed by atoms with Crippen molar-refractivity contribution in [2.24, 2.45) is 0 Å². The van der Waals surface area contributed by atoms with Gasteiger partial charge in [0, 0.05) is 12.5 Å². The Kier molecular flexibility index (Phi) is 3.51. The van der Waals surface area contributed by atoms with E-state index in [1.165, 1.54) is 6.08 Å². The number of carbonyl (C=O) groups excluding carboxylic acids is 2. The molecule has 66 valence electrons. The van der Waals surface area contributed by atoms with Gasteiger partial charge >= 0.3 is 11.9 Å². The Labute approximate surface area is 71.4 Å². The van der Waals surface area contributed by atoms with Gasteiger partial charge in [-0.3, -0.25) is 4.79 Å². The molecule has 1 aliphatic heterocycles. The quantitative estimate of drug-likeness (QED) is 0.407. The molecule has 1 heterocycles. The minimum atomic E-state index is -0.540. The lowest BCUT2D eigenvalue weighted by Gasteiger charge is -2.02. The van der Waals surface area contributed by atoms with Gasteiger partial charge < -0.3 is 4.74 Å². The number of rotatable bonds is 0. The maximum atomic E-state index is 10.8. The highest BCUT2D eigenvalue weighted by Gasteiger charge is 2.07. The normalized spacial score (nSPS) is 20.3. The largest absolute Gasteiger partial charge is 0.390 e. The molecular formula is C9H12O3. The number of hydrogen-bond donors (Lipinski definition) is 0. The summed E-state index contributed by atoms with van der Waals surface area (Å²) in [6.45, 7) is 0. The first kappa shape index (κ1) is 8.97. The SMILES string of the molecule is O=C1C=CCCCCCC(=O)O1. The molecule has 0 atom stereocenters. The number of hydrogen-bond acceptors (Lipinski definition) is 3. The van der Waals surface area contributed by atoms with Crippen molar-refractivity contribution in [3.8, 4) is 0 Å². The first-order valence-electron chi connectivity index (χ1n) is 4.20. The molecule has 0 unspecified atom stereocenters. The van der Waals surface area contributed by atoms with Crippen LogP contribution in [0.15, 0.2) is 12.2 Å². The Morgan fingerprint density at radius 1 is 1.17 bits per heavy atom. The Balaban J connectivity index is 2.48. The molecule has 0 aromatic rings. The highest BCUT2D eigenvalue weighted by atomic mass is 16.6. The first-order chi connectivity index (χ1) is 5.79. The van der Waals surface area contributed by atoms with Crippen molar-refractivity contribution < 1.29 is 14.3 Å². The molecule has 1 rings (SSSR count). The molecule has 3 heteroatoms. The minimum absolute atomic E-state index is 0.361.